The molecule has 5 rings (SSSR count). The average Bonchev–Trinajstić information content (AvgIpc) is 3.51. The first-order valence-electron chi connectivity index (χ1n) is 15.3. The van der Waals surface area contributed by atoms with Crippen molar-refractivity contribution in [2.45, 2.75) is 76.3 Å². The molecule has 0 aromatic heterocycles. The number of hydrogen-bond donors (Lipinski definition) is 3. The summed E-state index contributed by atoms with van der Waals surface area (Å²) in [5.74, 6) is 0.967. The summed E-state index contributed by atoms with van der Waals surface area (Å²) in [6.07, 6.45) is 6.15. The molecule has 3 N–H and O–H groups in total. The molecule has 2 amide bonds. The number of fused-ring (bicyclic) bond motifs is 5. The van der Waals surface area contributed by atoms with Gasteiger partial charge in [-0.3, -0.25) is 9.59 Å². The zero-order valence-electron chi connectivity index (χ0n) is 25.0. The molecule has 0 unspecified atom stereocenters. The minimum atomic E-state index is -0.854. The molecule has 8 heteroatoms. The van der Waals surface area contributed by atoms with E-state index in [1.54, 1.807) is 12.0 Å². The van der Waals surface area contributed by atoms with E-state index in [2.05, 4.69) is 30.5 Å². The van der Waals surface area contributed by atoms with E-state index in [1.807, 2.05) is 54.6 Å². The first-order chi connectivity index (χ1) is 20.3. The predicted octanol–water partition coefficient (Wildman–Crippen LogP) is 4.10. The van der Waals surface area contributed by atoms with Crippen LogP contribution in [0.25, 0.3) is 0 Å². The van der Waals surface area contributed by atoms with E-state index < -0.39 is 18.2 Å². The van der Waals surface area contributed by atoms with Gasteiger partial charge in [-0.15, -0.1) is 0 Å². The number of carbonyl (C=O) groups is 2. The second-order valence-electron chi connectivity index (χ2n) is 12.3. The Balaban J connectivity index is 1.42. The number of carbonyl (C=O) groups excluding carboxylic acids is 2. The molecule has 2 aromatic carbocycles. The number of benzene rings is 2. The molecule has 3 aliphatic rings. The average molecular weight is 576 g/mol. The molecule has 1 aliphatic carbocycles. The zero-order chi connectivity index (χ0) is 29.6. The SMILES string of the molecule is COc1ccc2c(c1)[C@@H]1C[C@H]2OC/C=C\C[C@H](N2CC[C@H](CC(C)C)C2=O)C(=O)N[C@@H](Cc2ccccc2)[C@H](O)CN1. The Labute approximate surface area is 249 Å². The highest BCUT2D eigenvalue weighted by Gasteiger charge is 2.40. The Morgan fingerprint density at radius 2 is 1.90 bits per heavy atom. The summed E-state index contributed by atoms with van der Waals surface area (Å²) >= 11 is 0. The van der Waals surface area contributed by atoms with E-state index >= 15 is 0 Å². The normalized spacial score (nSPS) is 29.5. The quantitative estimate of drug-likeness (QED) is 0.449. The van der Waals surface area contributed by atoms with Crippen molar-refractivity contribution in [1.29, 1.82) is 0 Å². The van der Waals surface area contributed by atoms with Gasteiger partial charge in [-0.05, 0) is 66.8 Å². The van der Waals surface area contributed by atoms with E-state index in [-0.39, 0.29) is 36.4 Å². The van der Waals surface area contributed by atoms with Crippen LogP contribution in [-0.4, -0.2) is 66.8 Å². The van der Waals surface area contributed by atoms with Gasteiger partial charge in [0.05, 0.1) is 32.0 Å². The highest BCUT2D eigenvalue weighted by atomic mass is 16.5. The van der Waals surface area contributed by atoms with Crippen molar-refractivity contribution < 1.29 is 24.2 Å². The fraction of sp³-hybridized carbons (Fsp3) is 0.529. The minimum Gasteiger partial charge on any atom is -0.497 e. The highest BCUT2D eigenvalue weighted by molar-refractivity contribution is 5.90. The first kappa shape index (κ1) is 30.3. The van der Waals surface area contributed by atoms with Crippen LogP contribution < -0.4 is 15.4 Å². The lowest BCUT2D eigenvalue weighted by Crippen LogP contribution is -2.55. The monoisotopic (exact) mass is 575 g/mol. The molecule has 42 heavy (non-hydrogen) atoms. The van der Waals surface area contributed by atoms with Crippen LogP contribution >= 0.6 is 0 Å². The van der Waals surface area contributed by atoms with Crippen molar-refractivity contribution in [2.75, 3.05) is 26.8 Å². The lowest BCUT2D eigenvalue weighted by atomic mass is 9.96. The Morgan fingerprint density at radius 1 is 1.10 bits per heavy atom. The topological polar surface area (TPSA) is 100 Å². The Hall–Kier alpha value is -3.20. The van der Waals surface area contributed by atoms with Crippen molar-refractivity contribution in [3.8, 4) is 5.75 Å². The fourth-order valence-corrected chi connectivity index (χ4v) is 6.63. The number of hydrogen-bond acceptors (Lipinski definition) is 6. The second-order valence-corrected chi connectivity index (χ2v) is 12.3. The summed E-state index contributed by atoms with van der Waals surface area (Å²) in [7, 11) is 1.66. The van der Waals surface area contributed by atoms with Crippen LogP contribution in [0.5, 0.6) is 5.75 Å². The van der Waals surface area contributed by atoms with E-state index in [0.717, 1.165) is 41.7 Å². The number of aliphatic hydroxyl groups excluding tert-OH is 1. The van der Waals surface area contributed by atoms with Crippen LogP contribution in [0.1, 0.15) is 68.4 Å². The van der Waals surface area contributed by atoms with Crippen molar-refractivity contribution in [2.24, 2.45) is 11.8 Å². The standard InChI is InChI=1S/C34H45N3O5/c1-22(2)17-24-14-15-37(34(24)40)30-11-7-8-16-42-32-20-28(27-19-25(41-3)12-13-26(27)32)35-21-31(38)29(36-33(30)39)18-23-9-5-4-6-10-23/h4-10,12-13,19,22,24,28-32,35,38H,11,14-18,20-21H2,1-3H3,(H,36,39)/b8-7-/t24-,28+,29+,30+,31-,32-/m1/s1. The largest absolute Gasteiger partial charge is 0.497 e. The zero-order valence-corrected chi connectivity index (χ0v) is 25.0. The molecule has 226 valence electrons. The molecule has 0 spiro atoms. The van der Waals surface area contributed by atoms with Crippen molar-refractivity contribution in [3.05, 3.63) is 77.4 Å². The summed E-state index contributed by atoms with van der Waals surface area (Å²) in [5.41, 5.74) is 3.25. The van der Waals surface area contributed by atoms with Gasteiger partial charge in [-0.25, -0.2) is 0 Å². The van der Waals surface area contributed by atoms with E-state index in [1.165, 1.54) is 0 Å². The van der Waals surface area contributed by atoms with Gasteiger partial charge in [0.2, 0.25) is 11.8 Å². The third-order valence-corrected chi connectivity index (χ3v) is 8.84. The van der Waals surface area contributed by atoms with Gasteiger partial charge >= 0.3 is 0 Å². The number of amides is 2. The number of methoxy groups -OCH3 is 1. The predicted molar refractivity (Wildman–Crippen MR) is 162 cm³/mol. The number of likely N-dealkylation sites (tertiary alicyclic amines) is 1. The van der Waals surface area contributed by atoms with E-state index in [9.17, 15) is 14.7 Å². The summed E-state index contributed by atoms with van der Waals surface area (Å²) in [6, 6.07) is 14.7. The van der Waals surface area contributed by atoms with Crippen LogP contribution in [-0.2, 0) is 20.7 Å². The molecule has 2 aliphatic heterocycles. The number of nitrogens with zero attached hydrogens (tertiary/aromatic N) is 1. The summed E-state index contributed by atoms with van der Waals surface area (Å²) in [5, 5.41) is 18.2. The molecule has 0 radical (unpaired) electrons. The Morgan fingerprint density at radius 3 is 2.67 bits per heavy atom. The number of aliphatic hydroxyl groups is 1. The second kappa shape index (κ2) is 13.8. The summed E-state index contributed by atoms with van der Waals surface area (Å²) in [4.78, 5) is 29.1. The molecule has 1 saturated heterocycles. The molecule has 1 fully saturated rings. The van der Waals surface area contributed by atoms with E-state index in [0.29, 0.717) is 31.9 Å². The van der Waals surface area contributed by atoms with Crippen LogP contribution in [0, 0.1) is 11.8 Å². The maximum atomic E-state index is 13.9. The van der Waals surface area contributed by atoms with Crippen LogP contribution in [0.3, 0.4) is 0 Å². The molecule has 2 aromatic rings. The van der Waals surface area contributed by atoms with Crippen molar-refractivity contribution in [1.82, 2.24) is 15.5 Å². The summed E-state index contributed by atoms with van der Waals surface area (Å²) < 4.78 is 11.8. The molecule has 8 nitrogen and oxygen atoms in total. The highest BCUT2D eigenvalue weighted by Crippen LogP contribution is 2.42. The molecule has 0 saturated carbocycles. The summed E-state index contributed by atoms with van der Waals surface area (Å²) in [6.45, 7) is 5.51. The molecular weight excluding hydrogens is 530 g/mol. The number of ether oxygens (including phenoxy) is 2. The maximum absolute atomic E-state index is 13.9. The fourth-order valence-electron chi connectivity index (χ4n) is 6.63. The minimum absolute atomic E-state index is 0.0233. The number of rotatable bonds is 6. The molecule has 6 atom stereocenters. The Bertz CT molecular complexity index is 1250. The van der Waals surface area contributed by atoms with Gasteiger partial charge in [0.25, 0.3) is 0 Å². The lowest BCUT2D eigenvalue weighted by Gasteiger charge is -2.31. The Kier molecular flexibility index (Phi) is 9.98. The van der Waals surface area contributed by atoms with Crippen LogP contribution in [0.4, 0.5) is 0 Å². The van der Waals surface area contributed by atoms with Gasteiger partial charge < -0.3 is 30.1 Å². The smallest absolute Gasteiger partial charge is 0.243 e. The van der Waals surface area contributed by atoms with Gasteiger partial charge in [-0.2, -0.15) is 0 Å². The van der Waals surface area contributed by atoms with E-state index in [4.69, 9.17) is 9.47 Å². The third kappa shape index (κ3) is 7.05. The first-order valence-corrected chi connectivity index (χ1v) is 15.3. The van der Waals surface area contributed by atoms with Gasteiger partial charge in [0.15, 0.2) is 0 Å². The number of nitrogens with one attached hydrogen (secondary N) is 2. The van der Waals surface area contributed by atoms with Gasteiger partial charge in [0, 0.05) is 25.0 Å². The van der Waals surface area contributed by atoms with Crippen molar-refractivity contribution >= 4 is 11.8 Å². The van der Waals surface area contributed by atoms with Crippen molar-refractivity contribution in [3.63, 3.8) is 0 Å². The van der Waals surface area contributed by atoms with Crippen LogP contribution in [0.15, 0.2) is 60.7 Å². The van der Waals surface area contributed by atoms with Gasteiger partial charge in [0.1, 0.15) is 11.8 Å². The maximum Gasteiger partial charge on any atom is 0.243 e. The molecular formula is C34H45N3O5. The van der Waals surface area contributed by atoms with Crippen LogP contribution in [0.2, 0.25) is 0 Å². The lowest BCUT2D eigenvalue weighted by molar-refractivity contribution is -0.140. The number of β-amino-alcohol motifs (C(OH)–C–C–N with tert-alkyl or cyclic N) is 1. The molecule has 2 heterocycles. The molecule has 2 bridgehead atoms. The van der Waals surface area contributed by atoms with Gasteiger partial charge in [-0.1, -0.05) is 62.4 Å². The third-order valence-electron chi connectivity index (χ3n) is 8.84.